The lowest BCUT2D eigenvalue weighted by molar-refractivity contribution is -0.151. The summed E-state index contributed by atoms with van der Waals surface area (Å²) >= 11 is 0. The van der Waals surface area contributed by atoms with Crippen molar-refractivity contribution >= 4 is 17.6 Å². The van der Waals surface area contributed by atoms with E-state index in [1.165, 1.54) is 0 Å². The van der Waals surface area contributed by atoms with Crippen molar-refractivity contribution in [3.8, 4) is 5.75 Å². The Kier molecular flexibility index (Phi) is 5.35. The van der Waals surface area contributed by atoms with Gasteiger partial charge in [0.25, 0.3) is 0 Å². The summed E-state index contributed by atoms with van der Waals surface area (Å²) in [6.45, 7) is 1.22. The van der Waals surface area contributed by atoms with Gasteiger partial charge < -0.3 is 19.9 Å². The van der Waals surface area contributed by atoms with E-state index < -0.39 is 17.8 Å². The van der Waals surface area contributed by atoms with Gasteiger partial charge >= 0.3 is 5.97 Å². The molecule has 130 valence electrons. The first-order valence-electron chi connectivity index (χ1n) is 8.52. The van der Waals surface area contributed by atoms with Gasteiger partial charge in [-0.3, -0.25) is 9.59 Å². The van der Waals surface area contributed by atoms with Gasteiger partial charge in [0, 0.05) is 6.61 Å². The van der Waals surface area contributed by atoms with Crippen molar-refractivity contribution in [2.24, 2.45) is 11.8 Å². The van der Waals surface area contributed by atoms with Gasteiger partial charge in [0.05, 0.1) is 23.6 Å². The van der Waals surface area contributed by atoms with Gasteiger partial charge in [0.2, 0.25) is 5.91 Å². The fourth-order valence-corrected chi connectivity index (χ4v) is 3.15. The first-order valence-corrected chi connectivity index (χ1v) is 8.52. The monoisotopic (exact) mass is 333 g/mol. The number of rotatable bonds is 6. The van der Waals surface area contributed by atoms with Gasteiger partial charge in [-0.15, -0.1) is 0 Å². The molecule has 3 unspecified atom stereocenters. The second kappa shape index (κ2) is 7.66. The standard InChI is InChI=1S/C18H23NO5/c20-17(13-8-9-14(13)18(21)22)19-15-6-1-2-7-16(15)24-11-12-5-3-4-10-23-12/h1-2,6-7,12-14H,3-5,8-11H2,(H,19,20)(H,21,22). The van der Waals surface area contributed by atoms with E-state index in [1.807, 2.05) is 12.1 Å². The molecular formula is C18H23NO5. The van der Waals surface area contributed by atoms with Crippen LogP contribution in [0.3, 0.4) is 0 Å². The molecule has 1 aromatic carbocycles. The Morgan fingerprint density at radius 1 is 1.17 bits per heavy atom. The zero-order valence-electron chi connectivity index (χ0n) is 13.6. The van der Waals surface area contributed by atoms with Gasteiger partial charge in [-0.25, -0.2) is 0 Å². The van der Waals surface area contributed by atoms with E-state index in [2.05, 4.69) is 5.32 Å². The third-order valence-electron chi connectivity index (χ3n) is 4.77. The lowest BCUT2D eigenvalue weighted by Gasteiger charge is -2.32. The molecule has 1 heterocycles. The highest BCUT2D eigenvalue weighted by Crippen LogP contribution is 2.36. The molecule has 6 heteroatoms. The highest BCUT2D eigenvalue weighted by Gasteiger charge is 2.41. The Hall–Kier alpha value is -2.08. The Morgan fingerprint density at radius 2 is 1.96 bits per heavy atom. The molecule has 0 aromatic heterocycles. The van der Waals surface area contributed by atoms with Crippen molar-refractivity contribution in [3.63, 3.8) is 0 Å². The van der Waals surface area contributed by atoms with Gasteiger partial charge in [0.15, 0.2) is 0 Å². The largest absolute Gasteiger partial charge is 0.489 e. The van der Waals surface area contributed by atoms with E-state index in [4.69, 9.17) is 14.6 Å². The number of aliphatic carboxylic acids is 1. The number of carbonyl (C=O) groups is 2. The number of benzene rings is 1. The molecule has 0 spiro atoms. The normalized spacial score (nSPS) is 26.2. The van der Waals surface area contributed by atoms with Crippen LogP contribution in [0, 0.1) is 11.8 Å². The number of ether oxygens (including phenoxy) is 2. The van der Waals surface area contributed by atoms with Gasteiger partial charge in [0.1, 0.15) is 12.4 Å². The van der Waals surface area contributed by atoms with Crippen LogP contribution in [0.2, 0.25) is 0 Å². The Labute approximate surface area is 141 Å². The molecule has 1 saturated heterocycles. The minimum atomic E-state index is -0.902. The second-order valence-corrected chi connectivity index (χ2v) is 6.41. The molecule has 3 rings (SSSR count). The second-order valence-electron chi connectivity index (χ2n) is 6.41. The van der Waals surface area contributed by atoms with Crippen LogP contribution < -0.4 is 10.1 Å². The summed E-state index contributed by atoms with van der Waals surface area (Å²) in [5.41, 5.74) is 0.578. The summed E-state index contributed by atoms with van der Waals surface area (Å²) in [5, 5.41) is 11.9. The van der Waals surface area contributed by atoms with Crippen molar-refractivity contribution < 1.29 is 24.2 Å². The van der Waals surface area contributed by atoms with Gasteiger partial charge in [-0.2, -0.15) is 0 Å². The number of hydrogen-bond donors (Lipinski definition) is 2. The minimum Gasteiger partial charge on any atom is -0.489 e. The number of carboxylic acid groups (broad SMARTS) is 1. The predicted molar refractivity (Wildman–Crippen MR) is 88.0 cm³/mol. The van der Waals surface area contributed by atoms with Crippen molar-refractivity contribution in [1.29, 1.82) is 0 Å². The summed E-state index contributed by atoms with van der Waals surface area (Å²) in [5.74, 6) is -1.60. The van der Waals surface area contributed by atoms with Crippen molar-refractivity contribution in [2.75, 3.05) is 18.5 Å². The maximum atomic E-state index is 12.3. The maximum Gasteiger partial charge on any atom is 0.307 e. The van der Waals surface area contributed by atoms with E-state index in [1.54, 1.807) is 12.1 Å². The number of carboxylic acids is 1. The first kappa shape index (κ1) is 16.8. The molecule has 2 fully saturated rings. The van der Waals surface area contributed by atoms with Crippen LogP contribution in [0.15, 0.2) is 24.3 Å². The summed E-state index contributed by atoms with van der Waals surface area (Å²) in [4.78, 5) is 23.4. The van der Waals surface area contributed by atoms with Crippen LogP contribution in [0.4, 0.5) is 5.69 Å². The van der Waals surface area contributed by atoms with E-state index in [-0.39, 0.29) is 12.0 Å². The number of para-hydroxylation sites is 2. The fraction of sp³-hybridized carbons (Fsp3) is 0.556. The summed E-state index contributed by atoms with van der Waals surface area (Å²) in [6.07, 6.45) is 4.48. The first-order chi connectivity index (χ1) is 11.6. The molecule has 3 atom stereocenters. The maximum absolute atomic E-state index is 12.3. The highest BCUT2D eigenvalue weighted by molar-refractivity contribution is 5.97. The smallest absolute Gasteiger partial charge is 0.307 e. The van der Waals surface area contributed by atoms with E-state index >= 15 is 0 Å². The number of carbonyl (C=O) groups excluding carboxylic acids is 1. The third-order valence-corrected chi connectivity index (χ3v) is 4.77. The van der Waals surface area contributed by atoms with Crippen LogP contribution in [-0.2, 0) is 14.3 Å². The average molecular weight is 333 g/mol. The quantitative estimate of drug-likeness (QED) is 0.836. The van der Waals surface area contributed by atoms with E-state index in [0.29, 0.717) is 30.9 Å². The van der Waals surface area contributed by atoms with Crippen LogP contribution in [0.1, 0.15) is 32.1 Å². The number of anilines is 1. The molecule has 1 aliphatic carbocycles. The molecule has 2 N–H and O–H groups in total. The summed E-state index contributed by atoms with van der Waals surface area (Å²) < 4.78 is 11.5. The van der Waals surface area contributed by atoms with Gasteiger partial charge in [-0.1, -0.05) is 12.1 Å². The van der Waals surface area contributed by atoms with Crippen molar-refractivity contribution in [1.82, 2.24) is 0 Å². The summed E-state index contributed by atoms with van der Waals surface area (Å²) in [7, 11) is 0. The van der Waals surface area contributed by atoms with E-state index in [0.717, 1.165) is 25.9 Å². The topological polar surface area (TPSA) is 84.9 Å². The number of amides is 1. The molecule has 1 aliphatic heterocycles. The van der Waals surface area contributed by atoms with Crippen LogP contribution in [-0.4, -0.2) is 36.3 Å². The molecule has 1 amide bonds. The lowest BCUT2D eigenvalue weighted by Crippen LogP contribution is -2.41. The van der Waals surface area contributed by atoms with Crippen molar-refractivity contribution in [3.05, 3.63) is 24.3 Å². The Bertz CT molecular complexity index is 597. The summed E-state index contributed by atoms with van der Waals surface area (Å²) in [6, 6.07) is 7.22. The van der Waals surface area contributed by atoms with Crippen LogP contribution in [0.25, 0.3) is 0 Å². The molecule has 0 radical (unpaired) electrons. The zero-order chi connectivity index (χ0) is 16.9. The Balaban J connectivity index is 1.59. The molecule has 0 bridgehead atoms. The average Bonchev–Trinajstić information content (AvgIpc) is 2.53. The molecule has 2 aliphatic rings. The van der Waals surface area contributed by atoms with Crippen LogP contribution in [0.5, 0.6) is 5.75 Å². The van der Waals surface area contributed by atoms with Crippen molar-refractivity contribution in [2.45, 2.75) is 38.2 Å². The fourth-order valence-electron chi connectivity index (χ4n) is 3.15. The van der Waals surface area contributed by atoms with Gasteiger partial charge in [-0.05, 0) is 44.2 Å². The lowest BCUT2D eigenvalue weighted by atomic mass is 9.73. The number of hydrogen-bond acceptors (Lipinski definition) is 4. The molecule has 6 nitrogen and oxygen atoms in total. The highest BCUT2D eigenvalue weighted by atomic mass is 16.5. The molecule has 24 heavy (non-hydrogen) atoms. The minimum absolute atomic E-state index is 0.0885. The van der Waals surface area contributed by atoms with E-state index in [9.17, 15) is 9.59 Å². The Morgan fingerprint density at radius 3 is 2.62 bits per heavy atom. The molecular weight excluding hydrogens is 310 g/mol. The van der Waals surface area contributed by atoms with Crippen LogP contribution >= 0.6 is 0 Å². The number of nitrogens with one attached hydrogen (secondary N) is 1. The SMILES string of the molecule is O=C(O)C1CCC1C(=O)Nc1ccccc1OCC1CCCCO1. The molecule has 1 aromatic rings. The predicted octanol–water partition coefficient (Wildman–Crippen LogP) is 2.68. The molecule has 1 saturated carbocycles. The third kappa shape index (κ3) is 3.87. The zero-order valence-corrected chi connectivity index (χ0v) is 13.6.